The van der Waals surface area contributed by atoms with Gasteiger partial charge in [-0.1, -0.05) is 25.2 Å². The van der Waals surface area contributed by atoms with Crippen molar-refractivity contribution in [1.29, 1.82) is 0 Å². The van der Waals surface area contributed by atoms with Gasteiger partial charge in [0.15, 0.2) is 0 Å². The van der Waals surface area contributed by atoms with Crippen LogP contribution in [0.5, 0.6) is 0 Å². The van der Waals surface area contributed by atoms with E-state index in [0.717, 1.165) is 5.57 Å². The fourth-order valence-electron chi connectivity index (χ4n) is 3.99. The van der Waals surface area contributed by atoms with Crippen molar-refractivity contribution in [1.82, 2.24) is 0 Å². The highest BCUT2D eigenvalue weighted by molar-refractivity contribution is 5.67. The maximum Gasteiger partial charge on any atom is 0.305 e. The van der Waals surface area contributed by atoms with E-state index in [1.165, 1.54) is 0 Å². The molecule has 7 atom stereocenters. The SMILES string of the molecule is C[C@H]1C=CC2=C[C@H](O)C[C@H](O)[C@@H]2[C@H]1CC[C@@H](O)C[C@@H](O)CC(=O)O. The molecule has 2 aliphatic carbocycles. The Bertz CT molecular complexity index is 500. The molecule has 0 aromatic heterocycles. The largest absolute Gasteiger partial charge is 0.481 e. The normalized spacial score (nSPS) is 35.0. The quantitative estimate of drug-likeness (QED) is 0.469. The number of aliphatic carboxylic acids is 1. The van der Waals surface area contributed by atoms with Crippen molar-refractivity contribution in [2.24, 2.45) is 17.8 Å². The van der Waals surface area contributed by atoms with Gasteiger partial charge in [0.1, 0.15) is 0 Å². The minimum atomic E-state index is -1.08. The van der Waals surface area contributed by atoms with Gasteiger partial charge in [-0.2, -0.15) is 0 Å². The lowest BCUT2D eigenvalue weighted by Gasteiger charge is -2.41. The summed E-state index contributed by atoms with van der Waals surface area (Å²) < 4.78 is 0. The van der Waals surface area contributed by atoms with Crippen LogP contribution >= 0.6 is 0 Å². The van der Waals surface area contributed by atoms with Crippen LogP contribution in [0.4, 0.5) is 0 Å². The Kier molecular flexibility index (Phi) is 6.57. The van der Waals surface area contributed by atoms with Gasteiger partial charge in [0, 0.05) is 12.3 Å². The number of carboxylic acid groups (broad SMARTS) is 1. The van der Waals surface area contributed by atoms with Gasteiger partial charge in [0.2, 0.25) is 0 Å². The first-order valence-electron chi connectivity index (χ1n) is 8.62. The number of carbonyl (C=O) groups is 1. The molecule has 0 aromatic carbocycles. The minimum Gasteiger partial charge on any atom is -0.481 e. The van der Waals surface area contributed by atoms with Gasteiger partial charge >= 0.3 is 5.97 Å². The van der Waals surface area contributed by atoms with Crippen LogP contribution in [-0.2, 0) is 4.79 Å². The zero-order chi connectivity index (χ0) is 17.9. The Morgan fingerprint density at radius 1 is 1.29 bits per heavy atom. The first-order valence-corrected chi connectivity index (χ1v) is 8.62. The summed E-state index contributed by atoms with van der Waals surface area (Å²) in [7, 11) is 0. The van der Waals surface area contributed by atoms with Crippen molar-refractivity contribution in [3.05, 3.63) is 23.8 Å². The number of aliphatic hydroxyl groups is 4. The number of rotatable bonds is 7. The van der Waals surface area contributed by atoms with Crippen molar-refractivity contribution >= 4 is 5.97 Å². The lowest BCUT2D eigenvalue weighted by molar-refractivity contribution is -0.139. The maximum absolute atomic E-state index is 10.6. The van der Waals surface area contributed by atoms with Gasteiger partial charge in [-0.25, -0.2) is 0 Å². The van der Waals surface area contributed by atoms with Gasteiger partial charge in [0.25, 0.3) is 0 Å². The average molecular weight is 340 g/mol. The third-order valence-electron chi connectivity index (χ3n) is 5.18. The number of allylic oxidation sites excluding steroid dienone is 2. The molecule has 6 heteroatoms. The lowest BCUT2D eigenvalue weighted by atomic mass is 9.66. The molecule has 0 fully saturated rings. The Balaban J connectivity index is 1.94. The highest BCUT2D eigenvalue weighted by Crippen LogP contribution is 2.42. The van der Waals surface area contributed by atoms with Gasteiger partial charge < -0.3 is 25.5 Å². The first kappa shape index (κ1) is 19.1. The van der Waals surface area contributed by atoms with Crippen LogP contribution in [-0.4, -0.2) is 55.9 Å². The minimum absolute atomic E-state index is 0.0396. The molecule has 0 bridgehead atoms. The second-order valence-electron chi connectivity index (χ2n) is 7.16. The predicted molar refractivity (Wildman–Crippen MR) is 88.1 cm³/mol. The molecule has 2 rings (SSSR count). The summed E-state index contributed by atoms with van der Waals surface area (Å²) in [4.78, 5) is 10.6. The van der Waals surface area contributed by atoms with E-state index in [4.69, 9.17) is 5.11 Å². The highest BCUT2D eigenvalue weighted by Gasteiger charge is 2.39. The van der Waals surface area contributed by atoms with Crippen molar-refractivity contribution < 1.29 is 30.3 Å². The molecule has 0 saturated carbocycles. The summed E-state index contributed by atoms with van der Waals surface area (Å²) in [6, 6.07) is 0. The van der Waals surface area contributed by atoms with Crippen LogP contribution in [0.25, 0.3) is 0 Å². The molecule has 0 saturated heterocycles. The number of aliphatic hydroxyl groups excluding tert-OH is 4. The second-order valence-corrected chi connectivity index (χ2v) is 7.16. The highest BCUT2D eigenvalue weighted by atomic mass is 16.4. The third kappa shape index (κ3) is 4.89. The molecule has 0 aromatic rings. The predicted octanol–water partition coefficient (Wildman–Crippen LogP) is 0.843. The topological polar surface area (TPSA) is 118 Å². The fraction of sp³-hybridized carbons (Fsp3) is 0.722. The Morgan fingerprint density at radius 2 is 2.00 bits per heavy atom. The van der Waals surface area contributed by atoms with Gasteiger partial charge in [-0.3, -0.25) is 4.79 Å². The monoisotopic (exact) mass is 340 g/mol. The van der Waals surface area contributed by atoms with Gasteiger partial charge in [-0.15, -0.1) is 0 Å². The van der Waals surface area contributed by atoms with E-state index in [9.17, 15) is 25.2 Å². The second kappa shape index (κ2) is 8.25. The van der Waals surface area contributed by atoms with Crippen molar-refractivity contribution in [2.45, 2.75) is 63.4 Å². The molecule has 0 heterocycles. The molecule has 5 N–H and O–H groups in total. The summed E-state index contributed by atoms with van der Waals surface area (Å²) in [5.74, 6) is -0.743. The van der Waals surface area contributed by atoms with E-state index in [1.807, 2.05) is 6.08 Å². The Hall–Kier alpha value is -1.21. The molecule has 0 aliphatic heterocycles. The van der Waals surface area contributed by atoms with Crippen LogP contribution in [0, 0.1) is 17.8 Å². The molecule has 2 aliphatic rings. The van der Waals surface area contributed by atoms with E-state index in [-0.39, 0.29) is 30.6 Å². The fourth-order valence-corrected chi connectivity index (χ4v) is 3.99. The number of hydrogen-bond donors (Lipinski definition) is 5. The smallest absolute Gasteiger partial charge is 0.305 e. The molecule has 0 amide bonds. The Morgan fingerprint density at radius 3 is 2.67 bits per heavy atom. The van der Waals surface area contributed by atoms with Crippen LogP contribution in [0.1, 0.15) is 39.0 Å². The van der Waals surface area contributed by atoms with E-state index < -0.39 is 30.4 Å². The number of hydrogen-bond acceptors (Lipinski definition) is 5. The third-order valence-corrected chi connectivity index (χ3v) is 5.18. The zero-order valence-corrected chi connectivity index (χ0v) is 14.0. The molecule has 0 spiro atoms. The molecular formula is C18H28O6. The lowest BCUT2D eigenvalue weighted by Crippen LogP contribution is -2.40. The summed E-state index contributed by atoms with van der Waals surface area (Å²) in [6.45, 7) is 2.07. The standard InChI is InChI=1S/C18H28O6/c1-10-2-3-11-6-13(20)8-16(22)18(11)15(10)5-4-12(19)7-14(21)9-17(23)24/h2-3,6,10,12-16,18-22H,4-5,7-9H2,1H3,(H,23,24)/t10-,12+,13-,14+,15-,16-,18-/m0/s1. The summed E-state index contributed by atoms with van der Waals surface area (Å²) in [5, 5.41) is 48.5. The van der Waals surface area contributed by atoms with Crippen molar-refractivity contribution in [3.63, 3.8) is 0 Å². The average Bonchev–Trinajstić information content (AvgIpc) is 2.45. The molecule has 0 unspecified atom stereocenters. The van der Waals surface area contributed by atoms with Gasteiger partial charge in [-0.05, 0) is 36.7 Å². The number of fused-ring (bicyclic) bond motifs is 1. The van der Waals surface area contributed by atoms with E-state index >= 15 is 0 Å². The molecule has 0 radical (unpaired) electrons. The Labute approximate surface area is 142 Å². The first-order chi connectivity index (χ1) is 11.3. The van der Waals surface area contributed by atoms with E-state index in [2.05, 4.69) is 13.0 Å². The van der Waals surface area contributed by atoms with Gasteiger partial charge in [0.05, 0.1) is 30.8 Å². The molecule has 6 nitrogen and oxygen atoms in total. The van der Waals surface area contributed by atoms with Crippen LogP contribution in [0.15, 0.2) is 23.8 Å². The number of carboxylic acids is 1. The molecule has 136 valence electrons. The van der Waals surface area contributed by atoms with E-state index in [1.54, 1.807) is 6.08 Å². The van der Waals surface area contributed by atoms with Crippen LogP contribution in [0.3, 0.4) is 0 Å². The summed E-state index contributed by atoms with van der Waals surface area (Å²) in [5.41, 5.74) is 0.949. The van der Waals surface area contributed by atoms with Crippen LogP contribution in [0.2, 0.25) is 0 Å². The molecular weight excluding hydrogens is 312 g/mol. The maximum atomic E-state index is 10.6. The summed E-state index contributed by atoms with van der Waals surface area (Å²) >= 11 is 0. The zero-order valence-electron chi connectivity index (χ0n) is 14.0. The van der Waals surface area contributed by atoms with Crippen molar-refractivity contribution in [3.8, 4) is 0 Å². The van der Waals surface area contributed by atoms with Crippen molar-refractivity contribution in [2.75, 3.05) is 0 Å². The van der Waals surface area contributed by atoms with Crippen LogP contribution < -0.4 is 0 Å². The van der Waals surface area contributed by atoms with E-state index in [0.29, 0.717) is 19.3 Å². The summed E-state index contributed by atoms with van der Waals surface area (Å²) in [6.07, 6.45) is 3.87. The molecule has 24 heavy (non-hydrogen) atoms.